The minimum Gasteiger partial charge on any atom is -0.379 e. The highest BCUT2D eigenvalue weighted by atomic mass is 35.5. The van der Waals surface area contributed by atoms with E-state index in [1.165, 1.54) is 21.4 Å². The van der Waals surface area contributed by atoms with Crippen molar-refractivity contribution in [3.63, 3.8) is 0 Å². The van der Waals surface area contributed by atoms with Crippen molar-refractivity contribution in [2.24, 2.45) is 5.10 Å². The number of sulfonamides is 1. The van der Waals surface area contributed by atoms with E-state index >= 15 is 0 Å². The number of nitrogens with one attached hydrogen (secondary N) is 2. The Morgan fingerprint density at radius 1 is 1.13 bits per heavy atom. The maximum absolute atomic E-state index is 12.7. The van der Waals surface area contributed by atoms with Crippen LogP contribution in [0.15, 0.2) is 70.8 Å². The van der Waals surface area contributed by atoms with Crippen LogP contribution in [-0.4, -0.2) is 50.6 Å². The van der Waals surface area contributed by atoms with E-state index in [2.05, 4.69) is 22.5 Å². The van der Waals surface area contributed by atoms with Gasteiger partial charge in [-0.3, -0.25) is 15.6 Å². The van der Waals surface area contributed by atoms with E-state index in [9.17, 15) is 13.2 Å². The Balaban J connectivity index is 1.47. The molecule has 162 valence electrons. The third-order valence-corrected chi connectivity index (χ3v) is 6.91. The highest BCUT2D eigenvalue weighted by Crippen LogP contribution is 2.23. The van der Waals surface area contributed by atoms with E-state index in [0.29, 0.717) is 48.4 Å². The van der Waals surface area contributed by atoms with Crippen molar-refractivity contribution in [2.45, 2.75) is 4.90 Å². The summed E-state index contributed by atoms with van der Waals surface area (Å²) in [5.41, 5.74) is 7.14. The van der Waals surface area contributed by atoms with Gasteiger partial charge in [0, 0.05) is 18.1 Å². The summed E-state index contributed by atoms with van der Waals surface area (Å²) in [4.78, 5) is 12.9. The molecular weight excluding hydrogens is 442 g/mol. The molecular formula is C20H20ClN5O4S. The number of amides is 1. The van der Waals surface area contributed by atoms with Crippen molar-refractivity contribution in [3.05, 3.63) is 65.8 Å². The van der Waals surface area contributed by atoms with Gasteiger partial charge >= 0.3 is 0 Å². The van der Waals surface area contributed by atoms with E-state index < -0.39 is 15.9 Å². The number of benzene rings is 2. The fourth-order valence-corrected chi connectivity index (χ4v) is 4.74. The first kappa shape index (κ1) is 21.3. The van der Waals surface area contributed by atoms with Gasteiger partial charge in [-0.15, -0.1) is 0 Å². The van der Waals surface area contributed by atoms with Crippen molar-refractivity contribution in [1.82, 2.24) is 9.73 Å². The molecule has 0 atom stereocenters. The smallest absolute Gasteiger partial charge is 0.299 e. The van der Waals surface area contributed by atoms with Gasteiger partial charge in [0.2, 0.25) is 10.0 Å². The number of hydrogen-bond acceptors (Lipinski definition) is 7. The fourth-order valence-electron chi connectivity index (χ4n) is 3.14. The molecule has 2 aromatic rings. The highest BCUT2D eigenvalue weighted by Gasteiger charge is 2.32. The lowest BCUT2D eigenvalue weighted by Gasteiger charge is -2.26. The Morgan fingerprint density at radius 2 is 1.84 bits per heavy atom. The van der Waals surface area contributed by atoms with Crippen LogP contribution in [-0.2, 0) is 19.6 Å². The molecule has 2 saturated heterocycles. The maximum Gasteiger partial charge on any atom is 0.299 e. The monoisotopic (exact) mass is 461 g/mol. The van der Waals surface area contributed by atoms with Crippen LogP contribution in [0.4, 0.5) is 11.4 Å². The van der Waals surface area contributed by atoms with Crippen LogP contribution in [0.3, 0.4) is 0 Å². The van der Waals surface area contributed by atoms with Crippen molar-refractivity contribution in [1.29, 1.82) is 0 Å². The molecule has 2 heterocycles. The summed E-state index contributed by atoms with van der Waals surface area (Å²) in [5, 5.41) is 5.93. The molecule has 2 N–H and O–H groups in total. The molecule has 31 heavy (non-hydrogen) atoms. The predicted octanol–water partition coefficient (Wildman–Crippen LogP) is 2.19. The summed E-state index contributed by atoms with van der Waals surface area (Å²) in [5.74, 6) is -0.397. The van der Waals surface area contributed by atoms with Gasteiger partial charge in [-0.25, -0.2) is 13.4 Å². The van der Waals surface area contributed by atoms with E-state index in [4.69, 9.17) is 16.3 Å². The second-order valence-electron chi connectivity index (χ2n) is 6.82. The Morgan fingerprint density at radius 3 is 2.52 bits per heavy atom. The second kappa shape index (κ2) is 8.67. The lowest BCUT2D eigenvalue weighted by Crippen LogP contribution is -2.40. The van der Waals surface area contributed by atoms with Crippen LogP contribution >= 0.6 is 11.6 Å². The SMILES string of the molecule is C=C1NN(c2cccc(Cl)c2)C(=O)/C1=N/Nc1ccc(S(=O)(=O)N2CCOCC2)cc1. The minimum atomic E-state index is -3.57. The van der Waals surface area contributed by atoms with E-state index in [-0.39, 0.29) is 10.6 Å². The number of anilines is 2. The van der Waals surface area contributed by atoms with Gasteiger partial charge in [0.15, 0.2) is 5.71 Å². The van der Waals surface area contributed by atoms with Gasteiger partial charge in [-0.2, -0.15) is 9.41 Å². The highest BCUT2D eigenvalue weighted by molar-refractivity contribution is 7.89. The molecule has 2 aliphatic rings. The summed E-state index contributed by atoms with van der Waals surface area (Å²) in [7, 11) is -3.57. The van der Waals surface area contributed by atoms with E-state index in [0.717, 1.165) is 0 Å². The normalized spacial score (nSPS) is 19.0. The average Bonchev–Trinajstić information content (AvgIpc) is 3.06. The van der Waals surface area contributed by atoms with Gasteiger partial charge in [-0.05, 0) is 42.5 Å². The number of hydrogen-bond donors (Lipinski definition) is 2. The van der Waals surface area contributed by atoms with Crippen molar-refractivity contribution in [2.75, 3.05) is 36.7 Å². The van der Waals surface area contributed by atoms with Gasteiger partial charge in [-0.1, -0.05) is 24.2 Å². The van der Waals surface area contributed by atoms with Crippen LogP contribution in [0.25, 0.3) is 0 Å². The molecule has 0 aliphatic carbocycles. The Labute approximate surface area is 185 Å². The summed E-state index contributed by atoms with van der Waals surface area (Å²) < 4.78 is 32.0. The molecule has 4 rings (SSSR count). The zero-order chi connectivity index (χ0) is 22.0. The molecule has 0 bridgehead atoms. The maximum atomic E-state index is 12.7. The van der Waals surface area contributed by atoms with Crippen LogP contribution in [0, 0.1) is 0 Å². The molecule has 1 amide bonds. The average molecular weight is 462 g/mol. The number of hydrazine groups is 1. The van der Waals surface area contributed by atoms with Gasteiger partial charge in [0.25, 0.3) is 5.91 Å². The molecule has 0 unspecified atom stereocenters. The first-order valence-corrected chi connectivity index (χ1v) is 11.3. The van der Waals surface area contributed by atoms with Crippen molar-refractivity contribution >= 4 is 44.6 Å². The lowest BCUT2D eigenvalue weighted by atomic mass is 10.3. The molecule has 2 fully saturated rings. The number of nitrogens with zero attached hydrogens (tertiary/aromatic N) is 3. The zero-order valence-electron chi connectivity index (χ0n) is 16.4. The number of rotatable bonds is 5. The molecule has 0 radical (unpaired) electrons. The lowest BCUT2D eigenvalue weighted by molar-refractivity contribution is -0.112. The number of morpholine rings is 1. The van der Waals surface area contributed by atoms with Gasteiger partial charge < -0.3 is 4.74 Å². The number of ether oxygens (including phenoxy) is 1. The summed E-state index contributed by atoms with van der Waals surface area (Å²) >= 11 is 6.00. The topological polar surface area (TPSA) is 103 Å². The van der Waals surface area contributed by atoms with Crippen LogP contribution in [0.2, 0.25) is 5.02 Å². The van der Waals surface area contributed by atoms with E-state index in [1.807, 2.05) is 0 Å². The molecule has 2 aliphatic heterocycles. The van der Waals surface area contributed by atoms with Gasteiger partial charge in [0.1, 0.15) is 0 Å². The fraction of sp³-hybridized carbons (Fsp3) is 0.200. The summed E-state index contributed by atoms with van der Waals surface area (Å²) in [6.45, 7) is 5.25. The number of carbonyl (C=O) groups excluding carboxylic acids is 1. The quantitative estimate of drug-likeness (QED) is 0.661. The standard InChI is InChI=1S/C20H20ClN5O4S/c1-14-19(20(27)26(24-14)17-4-2-3-15(21)13-17)23-22-16-5-7-18(8-6-16)31(28,29)25-9-11-30-12-10-25/h2-8,13,22,24H,1,9-12H2/b23-19+. The largest absolute Gasteiger partial charge is 0.379 e. The van der Waals surface area contributed by atoms with Crippen LogP contribution in [0.1, 0.15) is 0 Å². The van der Waals surface area contributed by atoms with E-state index in [1.54, 1.807) is 36.4 Å². The molecule has 0 aromatic heterocycles. The third kappa shape index (κ3) is 4.42. The minimum absolute atomic E-state index is 0.102. The zero-order valence-corrected chi connectivity index (χ0v) is 18.0. The Bertz CT molecular complexity index is 1140. The summed E-state index contributed by atoms with van der Waals surface area (Å²) in [6, 6.07) is 13.0. The van der Waals surface area contributed by atoms with Crippen LogP contribution < -0.4 is 15.9 Å². The van der Waals surface area contributed by atoms with Crippen LogP contribution in [0.5, 0.6) is 0 Å². The molecule has 9 nitrogen and oxygen atoms in total. The number of halogens is 1. The first-order valence-electron chi connectivity index (χ1n) is 9.44. The molecule has 0 spiro atoms. The summed E-state index contributed by atoms with van der Waals surface area (Å²) in [6.07, 6.45) is 0. The predicted molar refractivity (Wildman–Crippen MR) is 118 cm³/mol. The molecule has 2 aromatic carbocycles. The van der Waals surface area contributed by atoms with Crippen molar-refractivity contribution in [3.8, 4) is 0 Å². The first-order chi connectivity index (χ1) is 14.9. The Hall–Kier alpha value is -2.92. The third-order valence-electron chi connectivity index (χ3n) is 4.76. The number of hydrazone groups is 1. The second-order valence-corrected chi connectivity index (χ2v) is 9.20. The van der Waals surface area contributed by atoms with Gasteiger partial charge in [0.05, 0.1) is 35.2 Å². The molecule has 11 heteroatoms. The Kier molecular flexibility index (Phi) is 5.96. The molecule has 0 saturated carbocycles. The number of carbonyl (C=O) groups is 1. The van der Waals surface area contributed by atoms with Crippen molar-refractivity contribution < 1.29 is 17.9 Å².